The van der Waals surface area contributed by atoms with Gasteiger partial charge in [0.1, 0.15) is 0 Å². The molecule has 0 heterocycles. The highest BCUT2D eigenvalue weighted by Gasteiger charge is 2.10. The van der Waals surface area contributed by atoms with Crippen LogP contribution in [0, 0.1) is 0 Å². The number of rotatable bonds is 5. The van der Waals surface area contributed by atoms with Crippen LogP contribution in [0.2, 0.25) is 0 Å². The van der Waals surface area contributed by atoms with E-state index in [9.17, 15) is 4.79 Å². The number of nitrogens with zero attached hydrogens (tertiary/aromatic N) is 1. The summed E-state index contributed by atoms with van der Waals surface area (Å²) in [5.74, 6) is -0.345. The summed E-state index contributed by atoms with van der Waals surface area (Å²) in [7, 11) is 3.81. The number of hydrogen-bond acceptors (Lipinski definition) is 4. The lowest BCUT2D eigenvalue weighted by Gasteiger charge is -2.15. The summed E-state index contributed by atoms with van der Waals surface area (Å²) in [6.07, 6.45) is 0.706. The fourth-order valence-corrected chi connectivity index (χ4v) is 2.08. The van der Waals surface area contributed by atoms with E-state index < -0.39 is 0 Å². The molecule has 0 saturated carbocycles. The zero-order valence-corrected chi connectivity index (χ0v) is 12.4. The van der Waals surface area contributed by atoms with Crippen LogP contribution in [0.25, 0.3) is 0 Å². The monoisotopic (exact) mass is 284 g/mol. The molecule has 4 nitrogen and oxygen atoms in total. The maximum Gasteiger partial charge on any atom is 0.338 e. The van der Waals surface area contributed by atoms with Crippen molar-refractivity contribution in [1.29, 1.82) is 0 Å². The SMILES string of the molecule is CN(C)c1ccc(C(=O)OCCc2ccccc2)cc1N. The van der Waals surface area contributed by atoms with Gasteiger partial charge in [0.2, 0.25) is 0 Å². The molecular weight excluding hydrogens is 264 g/mol. The van der Waals surface area contributed by atoms with Gasteiger partial charge in [0.15, 0.2) is 0 Å². The third-order valence-electron chi connectivity index (χ3n) is 3.21. The lowest BCUT2D eigenvalue weighted by Crippen LogP contribution is -2.13. The molecule has 110 valence electrons. The van der Waals surface area contributed by atoms with E-state index in [0.717, 1.165) is 11.3 Å². The van der Waals surface area contributed by atoms with Crippen LogP contribution in [0.4, 0.5) is 11.4 Å². The van der Waals surface area contributed by atoms with Gasteiger partial charge in [-0.05, 0) is 23.8 Å². The summed E-state index contributed by atoms with van der Waals surface area (Å²) < 4.78 is 5.28. The molecule has 0 aliphatic heterocycles. The van der Waals surface area contributed by atoms with E-state index in [1.165, 1.54) is 0 Å². The fourth-order valence-electron chi connectivity index (χ4n) is 2.08. The van der Waals surface area contributed by atoms with Gasteiger partial charge in [-0.2, -0.15) is 0 Å². The number of nitrogens with two attached hydrogens (primary N) is 1. The minimum atomic E-state index is -0.345. The van der Waals surface area contributed by atoms with Gasteiger partial charge in [-0.15, -0.1) is 0 Å². The summed E-state index contributed by atoms with van der Waals surface area (Å²) in [5, 5.41) is 0. The van der Waals surface area contributed by atoms with Crippen LogP contribution in [0.15, 0.2) is 48.5 Å². The normalized spacial score (nSPS) is 10.2. The van der Waals surface area contributed by atoms with E-state index in [2.05, 4.69) is 0 Å². The Balaban J connectivity index is 1.93. The lowest BCUT2D eigenvalue weighted by atomic mass is 10.1. The van der Waals surface area contributed by atoms with Crippen molar-refractivity contribution >= 4 is 17.3 Å². The first-order valence-corrected chi connectivity index (χ1v) is 6.86. The maximum absolute atomic E-state index is 12.0. The molecule has 0 amide bonds. The third-order valence-corrected chi connectivity index (χ3v) is 3.21. The standard InChI is InChI=1S/C17H20N2O2/c1-19(2)16-9-8-14(12-15(16)18)17(20)21-11-10-13-6-4-3-5-7-13/h3-9,12H,10-11,18H2,1-2H3. The number of carbonyl (C=O) groups excluding carboxylic acids is 1. The number of hydrogen-bond donors (Lipinski definition) is 1. The van der Waals surface area contributed by atoms with Crippen LogP contribution in [0.3, 0.4) is 0 Å². The summed E-state index contributed by atoms with van der Waals surface area (Å²) in [4.78, 5) is 13.9. The second-order valence-electron chi connectivity index (χ2n) is 5.04. The van der Waals surface area contributed by atoms with Crippen LogP contribution in [-0.2, 0) is 11.2 Å². The van der Waals surface area contributed by atoms with E-state index in [0.29, 0.717) is 24.3 Å². The van der Waals surface area contributed by atoms with Crippen molar-refractivity contribution in [3.05, 3.63) is 59.7 Å². The predicted octanol–water partition coefficient (Wildman–Crippen LogP) is 2.73. The highest BCUT2D eigenvalue weighted by atomic mass is 16.5. The Morgan fingerprint density at radius 2 is 1.86 bits per heavy atom. The highest BCUT2D eigenvalue weighted by molar-refractivity contribution is 5.92. The van der Waals surface area contributed by atoms with Gasteiger partial charge in [0, 0.05) is 20.5 Å². The number of carbonyl (C=O) groups is 1. The molecule has 2 aromatic carbocycles. The first-order chi connectivity index (χ1) is 10.1. The Morgan fingerprint density at radius 1 is 1.14 bits per heavy atom. The highest BCUT2D eigenvalue weighted by Crippen LogP contribution is 2.22. The molecule has 0 radical (unpaired) electrons. The number of esters is 1. The topological polar surface area (TPSA) is 55.6 Å². The molecular formula is C17H20N2O2. The summed E-state index contributed by atoms with van der Waals surface area (Å²) >= 11 is 0. The number of benzene rings is 2. The van der Waals surface area contributed by atoms with Crippen molar-refractivity contribution in [1.82, 2.24) is 0 Å². The molecule has 0 aliphatic carbocycles. The average molecular weight is 284 g/mol. The first-order valence-electron chi connectivity index (χ1n) is 6.86. The molecule has 0 unspecified atom stereocenters. The quantitative estimate of drug-likeness (QED) is 0.677. The zero-order valence-electron chi connectivity index (χ0n) is 12.4. The van der Waals surface area contributed by atoms with E-state index in [-0.39, 0.29) is 5.97 Å². The Morgan fingerprint density at radius 3 is 2.48 bits per heavy atom. The van der Waals surface area contributed by atoms with Crippen molar-refractivity contribution in [3.63, 3.8) is 0 Å². The third kappa shape index (κ3) is 3.99. The molecule has 2 rings (SSSR count). The second-order valence-corrected chi connectivity index (χ2v) is 5.04. The van der Waals surface area contributed by atoms with Gasteiger partial charge in [0.25, 0.3) is 0 Å². The van der Waals surface area contributed by atoms with E-state index in [1.807, 2.05) is 55.4 Å². The van der Waals surface area contributed by atoms with Gasteiger partial charge < -0.3 is 15.4 Å². The molecule has 2 aromatic rings. The molecule has 21 heavy (non-hydrogen) atoms. The largest absolute Gasteiger partial charge is 0.462 e. The Hall–Kier alpha value is -2.49. The van der Waals surface area contributed by atoms with Gasteiger partial charge in [-0.25, -0.2) is 4.79 Å². The van der Waals surface area contributed by atoms with Crippen LogP contribution in [-0.4, -0.2) is 26.7 Å². The van der Waals surface area contributed by atoms with Crippen LogP contribution >= 0.6 is 0 Å². The van der Waals surface area contributed by atoms with Crippen LogP contribution in [0.1, 0.15) is 15.9 Å². The summed E-state index contributed by atoms with van der Waals surface area (Å²) in [6, 6.07) is 15.1. The molecule has 4 heteroatoms. The second kappa shape index (κ2) is 6.79. The number of ether oxygens (including phenoxy) is 1. The smallest absolute Gasteiger partial charge is 0.338 e. The van der Waals surface area contributed by atoms with E-state index in [4.69, 9.17) is 10.5 Å². The number of nitrogen functional groups attached to an aromatic ring is 1. The summed E-state index contributed by atoms with van der Waals surface area (Å²) in [6.45, 7) is 0.359. The van der Waals surface area contributed by atoms with E-state index >= 15 is 0 Å². The minimum Gasteiger partial charge on any atom is -0.462 e. The molecule has 0 fully saturated rings. The molecule has 0 bridgehead atoms. The predicted molar refractivity (Wildman–Crippen MR) is 85.6 cm³/mol. The van der Waals surface area contributed by atoms with Crippen LogP contribution < -0.4 is 10.6 Å². The molecule has 0 aromatic heterocycles. The summed E-state index contributed by atoms with van der Waals surface area (Å²) in [5.41, 5.74) is 9.01. The molecule has 0 atom stereocenters. The van der Waals surface area contributed by atoms with Crippen molar-refractivity contribution in [2.75, 3.05) is 31.3 Å². The first kappa shape index (κ1) is 14.9. The van der Waals surface area contributed by atoms with Crippen molar-refractivity contribution in [2.45, 2.75) is 6.42 Å². The molecule has 0 aliphatic rings. The lowest BCUT2D eigenvalue weighted by molar-refractivity contribution is 0.0509. The van der Waals surface area contributed by atoms with Gasteiger partial charge >= 0.3 is 5.97 Å². The Kier molecular flexibility index (Phi) is 4.82. The Labute approximate surface area is 125 Å². The van der Waals surface area contributed by atoms with Crippen molar-refractivity contribution in [3.8, 4) is 0 Å². The van der Waals surface area contributed by atoms with Crippen LogP contribution in [0.5, 0.6) is 0 Å². The van der Waals surface area contributed by atoms with Gasteiger partial charge in [0.05, 0.1) is 23.5 Å². The van der Waals surface area contributed by atoms with Gasteiger partial charge in [-0.1, -0.05) is 30.3 Å². The fraction of sp³-hybridized carbons (Fsp3) is 0.235. The van der Waals surface area contributed by atoms with Crippen molar-refractivity contribution < 1.29 is 9.53 Å². The minimum absolute atomic E-state index is 0.345. The van der Waals surface area contributed by atoms with Gasteiger partial charge in [-0.3, -0.25) is 0 Å². The van der Waals surface area contributed by atoms with Crippen molar-refractivity contribution in [2.24, 2.45) is 0 Å². The molecule has 0 saturated heterocycles. The zero-order chi connectivity index (χ0) is 15.2. The molecule has 0 spiro atoms. The van der Waals surface area contributed by atoms with E-state index in [1.54, 1.807) is 12.1 Å². The Bertz CT molecular complexity index is 609. The maximum atomic E-state index is 12.0. The number of anilines is 2. The average Bonchev–Trinajstić information content (AvgIpc) is 2.47. The molecule has 2 N–H and O–H groups in total.